The molecule has 40 heavy (non-hydrogen) atoms. The minimum atomic E-state index is -1.88. The van der Waals surface area contributed by atoms with Crippen LogP contribution in [0.2, 0.25) is 0 Å². The molecule has 0 radical (unpaired) electrons. The Morgan fingerprint density at radius 3 is 2.62 bits per heavy atom. The molecule has 5 heterocycles. The van der Waals surface area contributed by atoms with E-state index >= 15 is 0 Å². The zero-order chi connectivity index (χ0) is 28.3. The molecule has 1 amide bonds. The van der Waals surface area contributed by atoms with Crippen LogP contribution in [-0.2, 0) is 34.7 Å². The van der Waals surface area contributed by atoms with Gasteiger partial charge in [0.25, 0.3) is 5.56 Å². The van der Waals surface area contributed by atoms with E-state index in [1.54, 1.807) is 22.5 Å². The van der Waals surface area contributed by atoms with Crippen molar-refractivity contribution in [3.05, 3.63) is 56.9 Å². The Morgan fingerprint density at radius 1 is 1.20 bits per heavy atom. The first-order valence-corrected chi connectivity index (χ1v) is 13.9. The van der Waals surface area contributed by atoms with E-state index in [1.807, 2.05) is 25.1 Å². The zero-order valence-electron chi connectivity index (χ0n) is 23.3. The van der Waals surface area contributed by atoms with Crippen LogP contribution in [0.25, 0.3) is 22.3 Å². The quantitative estimate of drug-likeness (QED) is 0.389. The summed E-state index contributed by atoms with van der Waals surface area (Å²) in [5.74, 6) is -0.314. The lowest BCUT2D eigenvalue weighted by Gasteiger charge is -2.34. The average Bonchev–Trinajstić information content (AvgIpc) is 3.32. The summed E-state index contributed by atoms with van der Waals surface area (Å²) in [6.07, 6.45) is 2.22. The van der Waals surface area contributed by atoms with Crippen LogP contribution in [0.3, 0.4) is 0 Å². The van der Waals surface area contributed by atoms with Crippen LogP contribution in [0.4, 0.5) is 4.79 Å². The molecule has 10 nitrogen and oxygen atoms in total. The highest BCUT2D eigenvalue weighted by Gasteiger charge is 2.45. The van der Waals surface area contributed by atoms with Crippen LogP contribution in [0.15, 0.2) is 29.1 Å². The minimum Gasteiger partial charge on any atom is -0.458 e. The number of nitrogens with zero attached hydrogens (tertiary/aromatic N) is 4. The fourth-order valence-electron chi connectivity index (χ4n) is 6.20. The maximum absolute atomic E-state index is 13.5. The Labute approximate surface area is 232 Å². The standard InChI is InChI=1S/C30H34N4O6/c1-5-17-7-8-24(40-29(37)33-11-9-19(10-12-33)32(3)4)20-13-18-15-34-23(26(18)31-25(17)20)14-22-21(27(34)35)16-39-28(36)30(22,38)6-2/h7-8,13-14,19,38H,5-6,9-12,15-16H2,1-4H3. The summed E-state index contributed by atoms with van der Waals surface area (Å²) in [6.45, 7) is 5.10. The van der Waals surface area contributed by atoms with Gasteiger partial charge in [0, 0.05) is 35.6 Å². The van der Waals surface area contributed by atoms with Crippen LogP contribution in [0.1, 0.15) is 55.4 Å². The molecule has 0 bridgehead atoms. The molecule has 6 rings (SSSR count). The van der Waals surface area contributed by atoms with Crippen molar-refractivity contribution >= 4 is 23.0 Å². The second-order valence-electron chi connectivity index (χ2n) is 11.1. The number of likely N-dealkylation sites (tertiary alicyclic amines) is 1. The second-order valence-corrected chi connectivity index (χ2v) is 11.1. The van der Waals surface area contributed by atoms with Gasteiger partial charge in [0.1, 0.15) is 12.4 Å². The highest BCUT2D eigenvalue weighted by molar-refractivity contribution is 5.93. The lowest BCUT2D eigenvalue weighted by molar-refractivity contribution is -0.172. The Hall–Kier alpha value is -3.76. The van der Waals surface area contributed by atoms with E-state index < -0.39 is 11.6 Å². The predicted molar refractivity (Wildman–Crippen MR) is 148 cm³/mol. The van der Waals surface area contributed by atoms with Gasteiger partial charge in [0.2, 0.25) is 0 Å². The molecule has 1 unspecified atom stereocenters. The number of benzene rings is 1. The molecule has 1 aromatic carbocycles. The first kappa shape index (κ1) is 26.5. The van der Waals surface area contributed by atoms with E-state index in [2.05, 4.69) is 19.0 Å². The molecule has 1 atom stereocenters. The van der Waals surface area contributed by atoms with Gasteiger partial charge >= 0.3 is 12.1 Å². The summed E-state index contributed by atoms with van der Waals surface area (Å²) in [6, 6.07) is 7.84. The Kier molecular flexibility index (Phi) is 6.42. The normalized spacial score (nSPS) is 20.4. The SMILES string of the molecule is CCc1ccc(OC(=O)N2CCC(N(C)C)CC2)c2cc3c(nc12)-c1cc2c(c(=O)n1C3)COC(=O)C2(O)CC. The van der Waals surface area contributed by atoms with Gasteiger partial charge < -0.3 is 28.9 Å². The predicted octanol–water partition coefficient (Wildman–Crippen LogP) is 3.17. The molecule has 1 N–H and O–H groups in total. The highest BCUT2D eigenvalue weighted by atomic mass is 16.6. The number of fused-ring (bicyclic) bond motifs is 5. The van der Waals surface area contributed by atoms with Gasteiger partial charge in [-0.1, -0.05) is 19.9 Å². The van der Waals surface area contributed by atoms with Gasteiger partial charge in [0.05, 0.1) is 29.0 Å². The fourth-order valence-corrected chi connectivity index (χ4v) is 6.20. The van der Waals surface area contributed by atoms with Crippen LogP contribution in [0, 0.1) is 0 Å². The molecular weight excluding hydrogens is 512 g/mol. The Balaban J connectivity index is 1.40. The summed E-state index contributed by atoms with van der Waals surface area (Å²) in [4.78, 5) is 48.0. The number of carbonyl (C=O) groups excluding carboxylic acids is 2. The average molecular weight is 547 g/mol. The summed E-state index contributed by atoms with van der Waals surface area (Å²) in [5.41, 5.74) is 2.04. The van der Waals surface area contributed by atoms with Crippen LogP contribution < -0.4 is 10.3 Å². The number of hydrogen-bond acceptors (Lipinski definition) is 8. The monoisotopic (exact) mass is 546 g/mol. The van der Waals surface area contributed by atoms with E-state index in [4.69, 9.17) is 14.5 Å². The van der Waals surface area contributed by atoms with Gasteiger partial charge in [-0.05, 0) is 63.5 Å². The van der Waals surface area contributed by atoms with Crippen molar-refractivity contribution in [1.82, 2.24) is 19.4 Å². The number of aliphatic hydroxyl groups is 1. The molecule has 1 fully saturated rings. The summed E-state index contributed by atoms with van der Waals surface area (Å²) in [7, 11) is 4.12. The number of amides is 1. The van der Waals surface area contributed by atoms with Crippen molar-refractivity contribution in [2.24, 2.45) is 0 Å². The molecule has 3 aliphatic heterocycles. The van der Waals surface area contributed by atoms with E-state index in [0.29, 0.717) is 53.6 Å². The number of carbonyl (C=O) groups is 2. The van der Waals surface area contributed by atoms with Crippen molar-refractivity contribution in [2.45, 2.75) is 64.3 Å². The second kappa shape index (κ2) is 9.71. The first-order valence-electron chi connectivity index (χ1n) is 13.9. The maximum Gasteiger partial charge on any atom is 0.415 e. The molecule has 0 saturated carbocycles. The van der Waals surface area contributed by atoms with E-state index in [9.17, 15) is 19.5 Å². The Bertz CT molecular complexity index is 1600. The number of piperidine rings is 1. The summed E-state index contributed by atoms with van der Waals surface area (Å²) >= 11 is 0. The summed E-state index contributed by atoms with van der Waals surface area (Å²) in [5, 5.41) is 11.8. The van der Waals surface area contributed by atoms with Crippen LogP contribution in [-0.4, -0.2) is 69.7 Å². The third-order valence-electron chi connectivity index (χ3n) is 8.75. The van der Waals surface area contributed by atoms with Crippen molar-refractivity contribution in [1.29, 1.82) is 0 Å². The molecule has 2 aromatic heterocycles. The lowest BCUT2D eigenvalue weighted by atomic mass is 9.86. The number of pyridine rings is 2. The first-order chi connectivity index (χ1) is 19.2. The molecule has 1 saturated heterocycles. The smallest absolute Gasteiger partial charge is 0.415 e. The van der Waals surface area contributed by atoms with Crippen molar-refractivity contribution in [3.8, 4) is 17.1 Å². The topological polar surface area (TPSA) is 114 Å². The third-order valence-corrected chi connectivity index (χ3v) is 8.75. The van der Waals surface area contributed by atoms with E-state index in [1.165, 1.54) is 0 Å². The minimum absolute atomic E-state index is 0.0846. The zero-order valence-corrected chi connectivity index (χ0v) is 23.3. The summed E-state index contributed by atoms with van der Waals surface area (Å²) < 4.78 is 12.7. The van der Waals surface area contributed by atoms with Gasteiger partial charge in [-0.2, -0.15) is 0 Å². The van der Waals surface area contributed by atoms with Crippen LogP contribution in [0.5, 0.6) is 5.75 Å². The van der Waals surface area contributed by atoms with Gasteiger partial charge in [0.15, 0.2) is 5.60 Å². The van der Waals surface area contributed by atoms with Crippen LogP contribution >= 0.6 is 0 Å². The van der Waals surface area contributed by atoms with Crippen molar-refractivity contribution < 1.29 is 24.2 Å². The van der Waals surface area contributed by atoms with E-state index in [0.717, 1.165) is 24.0 Å². The number of ether oxygens (including phenoxy) is 2. The number of cyclic esters (lactones) is 1. The lowest BCUT2D eigenvalue weighted by Crippen LogP contribution is -2.45. The van der Waals surface area contributed by atoms with E-state index in [-0.39, 0.29) is 42.4 Å². The molecule has 10 heteroatoms. The molecule has 0 spiro atoms. The highest BCUT2D eigenvalue weighted by Crippen LogP contribution is 2.40. The van der Waals surface area contributed by atoms with Gasteiger partial charge in [-0.15, -0.1) is 0 Å². The van der Waals surface area contributed by atoms with Gasteiger partial charge in [-0.3, -0.25) is 4.79 Å². The van der Waals surface area contributed by atoms with Crippen molar-refractivity contribution in [2.75, 3.05) is 27.2 Å². The largest absolute Gasteiger partial charge is 0.458 e. The number of aromatic nitrogens is 2. The number of hydrogen-bond donors (Lipinski definition) is 1. The molecule has 0 aliphatic carbocycles. The molecule has 3 aliphatic rings. The number of esters is 1. The van der Waals surface area contributed by atoms with Gasteiger partial charge in [-0.25, -0.2) is 14.6 Å². The fraction of sp³-hybridized carbons (Fsp3) is 0.467. The Morgan fingerprint density at radius 2 is 1.95 bits per heavy atom. The number of aryl methyl sites for hydroxylation is 1. The maximum atomic E-state index is 13.5. The van der Waals surface area contributed by atoms with Crippen molar-refractivity contribution in [3.63, 3.8) is 0 Å². The molecular formula is C30H34N4O6. The molecule has 3 aromatic rings. The third kappa shape index (κ3) is 4.00. The number of rotatable bonds is 4. The molecule has 210 valence electrons.